The number of aromatic nitrogens is 1. The zero-order chi connectivity index (χ0) is 13.5. The molecule has 0 saturated heterocycles. The van der Waals surface area contributed by atoms with Crippen LogP contribution in [0.4, 0.5) is 0 Å². The van der Waals surface area contributed by atoms with E-state index in [0.29, 0.717) is 0 Å². The minimum Gasteiger partial charge on any atom is -0.358 e. The summed E-state index contributed by atoms with van der Waals surface area (Å²) in [6, 6.07) is 17.8. The molecule has 2 aromatic carbocycles. The average molecular weight is 279 g/mol. The third-order valence-electron chi connectivity index (χ3n) is 4.25. The number of aromatic amines is 1. The van der Waals surface area contributed by atoms with Crippen molar-refractivity contribution in [3.63, 3.8) is 0 Å². The quantitative estimate of drug-likeness (QED) is 0.638. The van der Waals surface area contributed by atoms with Crippen LogP contribution in [0.5, 0.6) is 0 Å². The van der Waals surface area contributed by atoms with Gasteiger partial charge in [-0.3, -0.25) is 0 Å². The molecular formula is C18H18NP. The summed E-state index contributed by atoms with van der Waals surface area (Å²) < 4.78 is 0. The highest BCUT2D eigenvalue weighted by Gasteiger charge is 2.23. The lowest BCUT2D eigenvalue weighted by atomic mass is 10.1. The Morgan fingerprint density at radius 2 is 1.90 bits per heavy atom. The maximum Gasteiger partial charge on any atom is 0.0459 e. The van der Waals surface area contributed by atoms with E-state index in [1.54, 1.807) is 10.9 Å². The fourth-order valence-corrected chi connectivity index (χ4v) is 5.62. The lowest BCUT2D eigenvalue weighted by Crippen LogP contribution is -2.12. The van der Waals surface area contributed by atoms with E-state index >= 15 is 0 Å². The Morgan fingerprint density at radius 3 is 2.75 bits per heavy atom. The van der Waals surface area contributed by atoms with Crippen LogP contribution >= 0.6 is 7.92 Å². The summed E-state index contributed by atoms with van der Waals surface area (Å²) in [4.78, 5) is 3.63. The first-order valence-corrected chi connectivity index (χ1v) is 8.92. The highest BCUT2D eigenvalue weighted by molar-refractivity contribution is 7.65. The minimum absolute atomic E-state index is 0.0306. The molecule has 1 aromatic heterocycles. The molecule has 0 bridgehead atoms. The van der Waals surface area contributed by atoms with E-state index < -0.39 is 0 Å². The van der Waals surface area contributed by atoms with Crippen molar-refractivity contribution in [2.24, 2.45) is 0 Å². The van der Waals surface area contributed by atoms with E-state index in [1.165, 1.54) is 40.9 Å². The Labute approximate surface area is 120 Å². The predicted molar refractivity (Wildman–Crippen MR) is 88.3 cm³/mol. The molecule has 4 rings (SSSR count). The first kappa shape index (κ1) is 12.2. The van der Waals surface area contributed by atoms with Crippen molar-refractivity contribution in [1.29, 1.82) is 0 Å². The molecule has 0 spiro atoms. The lowest BCUT2D eigenvalue weighted by molar-refractivity contribution is 1.02. The Hall–Kier alpha value is -1.59. The van der Waals surface area contributed by atoms with Gasteiger partial charge in [-0.1, -0.05) is 49.9 Å². The third kappa shape index (κ3) is 1.98. The van der Waals surface area contributed by atoms with Crippen LogP contribution in [0.15, 0.2) is 48.5 Å². The van der Waals surface area contributed by atoms with Crippen LogP contribution in [0.3, 0.4) is 0 Å². The third-order valence-corrected chi connectivity index (χ3v) is 6.74. The Morgan fingerprint density at radius 1 is 1.05 bits per heavy atom. The monoisotopic (exact) mass is 279 g/mol. The number of aryl methyl sites for hydroxylation is 2. The Kier molecular flexibility index (Phi) is 2.89. The zero-order valence-electron chi connectivity index (χ0n) is 11.7. The van der Waals surface area contributed by atoms with Gasteiger partial charge in [0.1, 0.15) is 0 Å². The molecule has 1 atom stereocenters. The molecule has 100 valence electrons. The fourth-order valence-electron chi connectivity index (χ4n) is 3.19. The first-order chi connectivity index (χ1) is 9.81. The van der Waals surface area contributed by atoms with Crippen molar-refractivity contribution in [2.75, 3.05) is 6.16 Å². The summed E-state index contributed by atoms with van der Waals surface area (Å²) >= 11 is 0. The van der Waals surface area contributed by atoms with E-state index in [2.05, 4.69) is 60.4 Å². The minimum atomic E-state index is -0.0306. The normalized spacial score (nSPS) is 18.1. The molecule has 1 aliphatic rings. The van der Waals surface area contributed by atoms with Crippen molar-refractivity contribution in [1.82, 2.24) is 4.98 Å². The smallest absolute Gasteiger partial charge is 0.0459 e. The number of rotatable bonds is 1. The lowest BCUT2D eigenvalue weighted by Gasteiger charge is -2.23. The maximum atomic E-state index is 3.63. The summed E-state index contributed by atoms with van der Waals surface area (Å²) in [6.07, 6.45) is 3.75. The van der Waals surface area contributed by atoms with E-state index in [1.807, 2.05) is 0 Å². The van der Waals surface area contributed by atoms with Crippen LogP contribution in [0.2, 0.25) is 0 Å². The van der Waals surface area contributed by atoms with Gasteiger partial charge in [0.15, 0.2) is 0 Å². The topological polar surface area (TPSA) is 15.8 Å². The van der Waals surface area contributed by atoms with Crippen molar-refractivity contribution < 1.29 is 0 Å². The molecule has 1 aliphatic heterocycles. The SMILES string of the molecule is Cc1ccc2[nH]c3c(c2c1)CP(c1ccccc1)CC3. The molecule has 1 unspecified atom stereocenters. The van der Waals surface area contributed by atoms with E-state index in [-0.39, 0.29) is 7.92 Å². The van der Waals surface area contributed by atoms with Gasteiger partial charge in [-0.05, 0) is 48.7 Å². The van der Waals surface area contributed by atoms with Crippen LogP contribution in [-0.4, -0.2) is 11.1 Å². The number of hydrogen-bond acceptors (Lipinski definition) is 0. The molecule has 1 nitrogen and oxygen atoms in total. The van der Waals surface area contributed by atoms with Gasteiger partial charge in [0.25, 0.3) is 0 Å². The van der Waals surface area contributed by atoms with E-state index in [9.17, 15) is 0 Å². The van der Waals surface area contributed by atoms with Gasteiger partial charge in [0, 0.05) is 16.6 Å². The maximum absolute atomic E-state index is 3.63. The molecule has 2 heteroatoms. The van der Waals surface area contributed by atoms with Gasteiger partial charge in [0.05, 0.1) is 0 Å². The van der Waals surface area contributed by atoms with Crippen molar-refractivity contribution in [3.8, 4) is 0 Å². The average Bonchev–Trinajstić information content (AvgIpc) is 2.85. The second-order valence-corrected chi connectivity index (χ2v) is 8.00. The number of nitrogens with one attached hydrogen (secondary N) is 1. The summed E-state index contributed by atoms with van der Waals surface area (Å²) in [5.41, 5.74) is 5.71. The van der Waals surface area contributed by atoms with Crippen LogP contribution in [-0.2, 0) is 12.6 Å². The summed E-state index contributed by atoms with van der Waals surface area (Å²) in [5.74, 6) is 0. The van der Waals surface area contributed by atoms with Crippen LogP contribution < -0.4 is 5.30 Å². The van der Waals surface area contributed by atoms with Gasteiger partial charge in [-0.2, -0.15) is 0 Å². The van der Waals surface area contributed by atoms with E-state index in [0.717, 1.165) is 0 Å². The molecule has 3 aromatic rings. The standard InChI is InChI=1S/C18H18NP/c1-13-7-8-17-15(11-13)16-12-20(10-9-18(16)19-17)14-5-3-2-4-6-14/h2-8,11,19H,9-10,12H2,1H3. The number of benzene rings is 2. The van der Waals surface area contributed by atoms with Crippen molar-refractivity contribution in [3.05, 3.63) is 65.4 Å². The Balaban J connectivity index is 1.78. The molecule has 2 heterocycles. The largest absolute Gasteiger partial charge is 0.358 e. The number of fused-ring (bicyclic) bond motifs is 3. The number of hydrogen-bond donors (Lipinski definition) is 1. The molecular weight excluding hydrogens is 261 g/mol. The molecule has 0 saturated carbocycles. The highest BCUT2D eigenvalue weighted by atomic mass is 31.1. The molecule has 1 N–H and O–H groups in total. The molecule has 20 heavy (non-hydrogen) atoms. The Bertz CT molecular complexity index is 758. The van der Waals surface area contributed by atoms with Crippen LogP contribution in [0.25, 0.3) is 10.9 Å². The zero-order valence-corrected chi connectivity index (χ0v) is 12.6. The molecule has 0 aliphatic carbocycles. The number of H-pyrrole nitrogens is 1. The highest BCUT2D eigenvalue weighted by Crippen LogP contribution is 2.46. The van der Waals surface area contributed by atoms with Gasteiger partial charge >= 0.3 is 0 Å². The van der Waals surface area contributed by atoms with Crippen LogP contribution in [0.1, 0.15) is 16.8 Å². The second kappa shape index (κ2) is 4.75. The van der Waals surface area contributed by atoms with Gasteiger partial charge in [0.2, 0.25) is 0 Å². The van der Waals surface area contributed by atoms with Gasteiger partial charge in [-0.25, -0.2) is 0 Å². The predicted octanol–water partition coefficient (Wildman–Crippen LogP) is 4.34. The summed E-state index contributed by atoms with van der Waals surface area (Å²) in [6.45, 7) is 2.18. The summed E-state index contributed by atoms with van der Waals surface area (Å²) in [5, 5.41) is 3.00. The van der Waals surface area contributed by atoms with Gasteiger partial charge < -0.3 is 4.98 Å². The molecule has 0 fully saturated rings. The second-order valence-electron chi connectivity index (χ2n) is 5.64. The molecule has 0 radical (unpaired) electrons. The first-order valence-electron chi connectivity index (χ1n) is 7.21. The fraction of sp³-hybridized carbons (Fsp3) is 0.222. The van der Waals surface area contributed by atoms with Crippen molar-refractivity contribution in [2.45, 2.75) is 19.5 Å². The molecule has 0 amide bonds. The van der Waals surface area contributed by atoms with Gasteiger partial charge in [-0.15, -0.1) is 0 Å². The summed E-state index contributed by atoms with van der Waals surface area (Å²) in [7, 11) is -0.0306. The van der Waals surface area contributed by atoms with E-state index in [4.69, 9.17) is 0 Å². The van der Waals surface area contributed by atoms with Crippen LogP contribution in [0, 0.1) is 6.92 Å². The van der Waals surface area contributed by atoms with Crippen molar-refractivity contribution >= 4 is 24.1 Å².